The molecule has 0 fully saturated rings. The highest BCUT2D eigenvalue weighted by atomic mass is 19.1. The smallest absolute Gasteiger partial charge is 0.308 e. The lowest BCUT2D eigenvalue weighted by Gasteiger charge is -2.09. The Morgan fingerprint density at radius 2 is 2.24 bits per heavy atom. The summed E-state index contributed by atoms with van der Waals surface area (Å²) in [6, 6.07) is 4.18. The van der Waals surface area contributed by atoms with Gasteiger partial charge in [0.25, 0.3) is 0 Å². The van der Waals surface area contributed by atoms with Crippen LogP contribution in [-0.4, -0.2) is 24.8 Å². The highest BCUT2D eigenvalue weighted by molar-refractivity contribution is 5.69. The molecule has 0 saturated carbocycles. The fourth-order valence-electron chi connectivity index (χ4n) is 1.29. The molecule has 1 atom stereocenters. The van der Waals surface area contributed by atoms with E-state index in [-0.39, 0.29) is 24.6 Å². The van der Waals surface area contributed by atoms with Crippen molar-refractivity contribution in [1.82, 2.24) is 0 Å². The SMILES string of the molecule is COC(=O)CCOc1ccc([C@H](C)O)c(F)c1. The van der Waals surface area contributed by atoms with Crippen LogP contribution in [0, 0.1) is 5.82 Å². The molecule has 94 valence electrons. The minimum Gasteiger partial charge on any atom is -0.493 e. The Balaban J connectivity index is 2.56. The average Bonchev–Trinajstić information content (AvgIpc) is 2.28. The summed E-state index contributed by atoms with van der Waals surface area (Å²) in [5.74, 6) is -0.600. The van der Waals surface area contributed by atoms with Gasteiger partial charge in [0, 0.05) is 11.6 Å². The number of benzene rings is 1. The summed E-state index contributed by atoms with van der Waals surface area (Å²) in [5.41, 5.74) is 0.213. The van der Waals surface area contributed by atoms with Crippen LogP contribution >= 0.6 is 0 Å². The third kappa shape index (κ3) is 4.03. The molecular formula is C12H15FO4. The van der Waals surface area contributed by atoms with Crippen LogP contribution in [-0.2, 0) is 9.53 Å². The third-order valence-corrected chi connectivity index (χ3v) is 2.22. The molecule has 1 aromatic carbocycles. The first kappa shape index (κ1) is 13.4. The van der Waals surface area contributed by atoms with Crippen LogP contribution in [0.1, 0.15) is 25.0 Å². The van der Waals surface area contributed by atoms with Crippen LogP contribution in [0.3, 0.4) is 0 Å². The Kier molecular flexibility index (Phi) is 4.90. The Bertz CT molecular complexity index is 390. The maximum atomic E-state index is 13.4. The van der Waals surface area contributed by atoms with Crippen molar-refractivity contribution >= 4 is 5.97 Å². The summed E-state index contributed by atoms with van der Waals surface area (Å²) in [6.07, 6.45) is -0.755. The number of methoxy groups -OCH3 is 1. The molecule has 17 heavy (non-hydrogen) atoms. The lowest BCUT2D eigenvalue weighted by molar-refractivity contribution is -0.141. The zero-order valence-corrected chi connectivity index (χ0v) is 9.77. The van der Waals surface area contributed by atoms with Crippen molar-refractivity contribution in [3.63, 3.8) is 0 Å². The fraction of sp³-hybridized carbons (Fsp3) is 0.417. The summed E-state index contributed by atoms with van der Waals surface area (Å²) in [5, 5.41) is 9.23. The molecule has 0 saturated heterocycles. The Hall–Kier alpha value is -1.62. The molecule has 0 heterocycles. The largest absolute Gasteiger partial charge is 0.493 e. The number of aliphatic hydroxyl groups is 1. The Labute approximate surface area is 99.0 Å². The molecule has 0 bridgehead atoms. The lowest BCUT2D eigenvalue weighted by Crippen LogP contribution is -2.07. The van der Waals surface area contributed by atoms with E-state index in [1.165, 1.54) is 26.2 Å². The molecule has 4 nitrogen and oxygen atoms in total. The molecule has 5 heteroatoms. The van der Waals surface area contributed by atoms with Crippen molar-refractivity contribution in [2.75, 3.05) is 13.7 Å². The van der Waals surface area contributed by atoms with Crippen LogP contribution in [0.4, 0.5) is 4.39 Å². The molecule has 1 N–H and O–H groups in total. The molecule has 0 spiro atoms. The molecule has 0 aliphatic heterocycles. The van der Waals surface area contributed by atoms with E-state index in [9.17, 15) is 14.3 Å². The first-order valence-corrected chi connectivity index (χ1v) is 5.21. The second-order valence-corrected chi connectivity index (χ2v) is 3.53. The van der Waals surface area contributed by atoms with Crippen LogP contribution in [0.2, 0.25) is 0 Å². The van der Waals surface area contributed by atoms with Crippen LogP contribution < -0.4 is 4.74 Å². The van der Waals surface area contributed by atoms with Crippen molar-refractivity contribution in [2.45, 2.75) is 19.4 Å². The van der Waals surface area contributed by atoms with Gasteiger partial charge in [0.1, 0.15) is 11.6 Å². The number of rotatable bonds is 5. The van der Waals surface area contributed by atoms with Gasteiger partial charge in [-0.05, 0) is 19.1 Å². The molecular weight excluding hydrogens is 227 g/mol. The van der Waals surface area contributed by atoms with Gasteiger partial charge in [-0.1, -0.05) is 0 Å². The first-order valence-electron chi connectivity index (χ1n) is 5.21. The van der Waals surface area contributed by atoms with E-state index >= 15 is 0 Å². The maximum absolute atomic E-state index is 13.4. The zero-order valence-electron chi connectivity index (χ0n) is 9.77. The van der Waals surface area contributed by atoms with Gasteiger partial charge in [-0.2, -0.15) is 0 Å². The number of ether oxygens (including phenoxy) is 2. The predicted molar refractivity (Wildman–Crippen MR) is 59.2 cm³/mol. The zero-order chi connectivity index (χ0) is 12.8. The molecule has 0 aromatic heterocycles. The van der Waals surface area contributed by atoms with Gasteiger partial charge in [0.2, 0.25) is 0 Å². The highest BCUT2D eigenvalue weighted by Crippen LogP contribution is 2.21. The molecule has 1 rings (SSSR count). The van der Waals surface area contributed by atoms with E-state index in [1.807, 2.05) is 0 Å². The average molecular weight is 242 g/mol. The number of hydrogen-bond acceptors (Lipinski definition) is 4. The van der Waals surface area contributed by atoms with E-state index in [4.69, 9.17) is 4.74 Å². The predicted octanol–water partition coefficient (Wildman–Crippen LogP) is 1.82. The van der Waals surface area contributed by atoms with Crippen molar-refractivity contribution in [3.05, 3.63) is 29.6 Å². The molecule has 0 aliphatic rings. The van der Waals surface area contributed by atoms with Crippen molar-refractivity contribution in [2.24, 2.45) is 0 Å². The molecule has 1 aromatic rings. The number of carbonyl (C=O) groups is 1. The van der Waals surface area contributed by atoms with Crippen LogP contribution in [0.25, 0.3) is 0 Å². The quantitative estimate of drug-likeness (QED) is 0.800. The number of hydrogen-bond donors (Lipinski definition) is 1. The number of carbonyl (C=O) groups excluding carboxylic acids is 1. The van der Waals surface area contributed by atoms with Crippen molar-refractivity contribution in [1.29, 1.82) is 0 Å². The van der Waals surface area contributed by atoms with Crippen molar-refractivity contribution < 1.29 is 23.8 Å². The van der Waals surface area contributed by atoms with Gasteiger partial charge in [-0.15, -0.1) is 0 Å². The van der Waals surface area contributed by atoms with Gasteiger partial charge < -0.3 is 14.6 Å². The van der Waals surface area contributed by atoms with Gasteiger partial charge in [0.15, 0.2) is 0 Å². The fourth-order valence-corrected chi connectivity index (χ4v) is 1.29. The Morgan fingerprint density at radius 1 is 1.53 bits per heavy atom. The topological polar surface area (TPSA) is 55.8 Å². The number of halogens is 1. The monoisotopic (exact) mass is 242 g/mol. The number of aliphatic hydroxyl groups excluding tert-OH is 1. The van der Waals surface area contributed by atoms with Gasteiger partial charge in [-0.25, -0.2) is 4.39 Å². The standard InChI is InChI=1S/C12H15FO4/c1-8(14)10-4-3-9(7-11(10)13)17-6-5-12(15)16-2/h3-4,7-8,14H,5-6H2,1-2H3/t8-/m0/s1. The molecule has 0 aliphatic carbocycles. The van der Waals surface area contributed by atoms with Gasteiger partial charge in [0.05, 0.1) is 26.2 Å². The summed E-state index contributed by atoms with van der Waals surface area (Å²) in [4.78, 5) is 10.8. The van der Waals surface area contributed by atoms with Gasteiger partial charge in [-0.3, -0.25) is 4.79 Å². The van der Waals surface area contributed by atoms with Gasteiger partial charge >= 0.3 is 5.97 Å². The lowest BCUT2D eigenvalue weighted by atomic mass is 10.1. The van der Waals surface area contributed by atoms with E-state index < -0.39 is 11.9 Å². The molecule has 0 amide bonds. The first-order chi connectivity index (χ1) is 8.04. The summed E-state index contributed by atoms with van der Waals surface area (Å²) in [7, 11) is 1.29. The van der Waals surface area contributed by atoms with Crippen LogP contribution in [0.5, 0.6) is 5.75 Å². The second kappa shape index (κ2) is 6.20. The van der Waals surface area contributed by atoms with E-state index in [2.05, 4.69) is 4.74 Å². The van der Waals surface area contributed by atoms with Crippen LogP contribution in [0.15, 0.2) is 18.2 Å². The normalized spacial score (nSPS) is 12.0. The molecule has 0 unspecified atom stereocenters. The van der Waals surface area contributed by atoms with Crippen molar-refractivity contribution in [3.8, 4) is 5.75 Å². The molecule has 0 radical (unpaired) electrons. The van der Waals surface area contributed by atoms with E-state index in [1.54, 1.807) is 6.07 Å². The van der Waals surface area contributed by atoms with E-state index in [0.29, 0.717) is 5.75 Å². The Morgan fingerprint density at radius 3 is 2.76 bits per heavy atom. The minimum atomic E-state index is -0.862. The number of esters is 1. The van der Waals surface area contributed by atoms with E-state index in [0.717, 1.165) is 0 Å². The maximum Gasteiger partial charge on any atom is 0.308 e. The summed E-state index contributed by atoms with van der Waals surface area (Å²) in [6.45, 7) is 1.61. The highest BCUT2D eigenvalue weighted by Gasteiger charge is 2.09. The summed E-state index contributed by atoms with van der Waals surface area (Å²) < 4.78 is 23.0. The minimum absolute atomic E-state index is 0.107. The second-order valence-electron chi connectivity index (χ2n) is 3.53. The summed E-state index contributed by atoms with van der Waals surface area (Å²) >= 11 is 0. The third-order valence-electron chi connectivity index (χ3n) is 2.22.